The van der Waals surface area contributed by atoms with E-state index in [1.807, 2.05) is 0 Å². The smallest absolute Gasteiger partial charge is 0.268 e. The molecule has 1 aromatic heterocycles. The molecule has 1 amide bonds. The Labute approximate surface area is 144 Å². The van der Waals surface area contributed by atoms with Crippen molar-refractivity contribution in [2.75, 3.05) is 19.6 Å². The van der Waals surface area contributed by atoms with Crippen molar-refractivity contribution in [3.63, 3.8) is 0 Å². The van der Waals surface area contributed by atoms with E-state index in [9.17, 15) is 4.79 Å². The van der Waals surface area contributed by atoms with E-state index in [1.165, 1.54) is 23.8 Å². The number of nitrogens with zero attached hydrogens (tertiary/aromatic N) is 1. The molecule has 0 spiro atoms. The summed E-state index contributed by atoms with van der Waals surface area (Å²) in [5, 5.41) is 4.40. The second kappa shape index (κ2) is 6.60. The molecule has 0 atom stereocenters. The second-order valence-electron chi connectivity index (χ2n) is 7.70. The van der Waals surface area contributed by atoms with E-state index in [0.717, 1.165) is 37.1 Å². The molecular weight excluding hydrogens is 298 g/mol. The molecule has 0 bridgehead atoms. The highest BCUT2D eigenvalue weighted by Crippen LogP contribution is 2.25. The predicted octanol–water partition coefficient (Wildman–Crippen LogP) is 3.64. The number of aryl methyl sites for hydroxylation is 2. The number of hydrogen-bond acceptors (Lipinski definition) is 2. The van der Waals surface area contributed by atoms with Gasteiger partial charge in [-0.1, -0.05) is 18.6 Å². The monoisotopic (exact) mass is 327 g/mol. The Balaban J connectivity index is 1.82. The molecule has 1 aliphatic rings. The van der Waals surface area contributed by atoms with Crippen LogP contribution in [0.2, 0.25) is 0 Å². The van der Waals surface area contributed by atoms with E-state index in [2.05, 4.69) is 61.1 Å². The number of carbonyl (C=O) groups excluding carboxylic acids is 1. The van der Waals surface area contributed by atoms with Crippen LogP contribution in [0.1, 0.15) is 55.2 Å². The summed E-state index contributed by atoms with van der Waals surface area (Å²) in [6, 6.07) is 6.31. The van der Waals surface area contributed by atoms with Crippen molar-refractivity contribution in [2.45, 2.75) is 52.5 Å². The Morgan fingerprint density at radius 2 is 2.00 bits per heavy atom. The lowest BCUT2D eigenvalue weighted by atomic mass is 10.0. The number of fused-ring (bicyclic) bond motifs is 1. The van der Waals surface area contributed by atoms with Crippen molar-refractivity contribution in [2.24, 2.45) is 0 Å². The van der Waals surface area contributed by atoms with E-state index in [-0.39, 0.29) is 11.4 Å². The van der Waals surface area contributed by atoms with Gasteiger partial charge >= 0.3 is 0 Å². The fourth-order valence-electron chi connectivity index (χ4n) is 3.83. The molecule has 0 saturated carbocycles. The zero-order valence-corrected chi connectivity index (χ0v) is 15.3. The van der Waals surface area contributed by atoms with Crippen LogP contribution in [0.3, 0.4) is 0 Å². The van der Waals surface area contributed by atoms with Crippen molar-refractivity contribution in [1.82, 2.24) is 15.2 Å². The number of aromatic amines is 1. The summed E-state index contributed by atoms with van der Waals surface area (Å²) in [4.78, 5) is 18.7. The molecular formula is C20H29N3O. The van der Waals surface area contributed by atoms with E-state index in [4.69, 9.17) is 0 Å². The molecule has 3 rings (SSSR count). The number of benzene rings is 1. The average molecular weight is 327 g/mol. The standard InChI is InChI=1S/C20H29N3O/c1-5-15-16-12-14(2)8-9-17(16)21-18(15)19(24)22-20(3,4)13-23-10-6-7-11-23/h8-9,12,21H,5-7,10-11,13H2,1-4H3,(H,22,24). The number of aromatic nitrogens is 1. The third kappa shape index (κ3) is 3.48. The Kier molecular flexibility index (Phi) is 4.68. The summed E-state index contributed by atoms with van der Waals surface area (Å²) >= 11 is 0. The summed E-state index contributed by atoms with van der Waals surface area (Å²) in [6.07, 6.45) is 3.38. The van der Waals surface area contributed by atoms with Gasteiger partial charge in [-0.3, -0.25) is 4.79 Å². The van der Waals surface area contributed by atoms with Crippen LogP contribution in [0.5, 0.6) is 0 Å². The van der Waals surface area contributed by atoms with Gasteiger partial charge < -0.3 is 15.2 Å². The van der Waals surface area contributed by atoms with Gasteiger partial charge in [0.05, 0.1) is 0 Å². The molecule has 1 fully saturated rings. The number of likely N-dealkylation sites (tertiary alicyclic amines) is 1. The quantitative estimate of drug-likeness (QED) is 0.881. The van der Waals surface area contributed by atoms with Crippen molar-refractivity contribution in [3.05, 3.63) is 35.0 Å². The zero-order valence-electron chi connectivity index (χ0n) is 15.3. The van der Waals surface area contributed by atoms with Gasteiger partial charge in [0.2, 0.25) is 0 Å². The summed E-state index contributed by atoms with van der Waals surface area (Å²) < 4.78 is 0. The first-order chi connectivity index (χ1) is 11.4. The Morgan fingerprint density at radius 3 is 2.67 bits per heavy atom. The molecule has 24 heavy (non-hydrogen) atoms. The van der Waals surface area contributed by atoms with Gasteiger partial charge in [0.25, 0.3) is 5.91 Å². The highest BCUT2D eigenvalue weighted by molar-refractivity contribution is 6.01. The molecule has 4 heteroatoms. The zero-order chi connectivity index (χ0) is 17.3. The van der Waals surface area contributed by atoms with Crippen molar-refractivity contribution in [3.8, 4) is 0 Å². The molecule has 2 aromatic rings. The highest BCUT2D eigenvalue weighted by atomic mass is 16.2. The number of nitrogens with one attached hydrogen (secondary N) is 2. The maximum atomic E-state index is 12.9. The lowest BCUT2D eigenvalue weighted by Crippen LogP contribution is -2.51. The lowest BCUT2D eigenvalue weighted by Gasteiger charge is -2.31. The van der Waals surface area contributed by atoms with Gasteiger partial charge in [-0.2, -0.15) is 0 Å². The number of hydrogen-bond donors (Lipinski definition) is 2. The van der Waals surface area contributed by atoms with Gasteiger partial charge in [-0.25, -0.2) is 0 Å². The van der Waals surface area contributed by atoms with Crippen LogP contribution < -0.4 is 5.32 Å². The fraction of sp³-hybridized carbons (Fsp3) is 0.550. The number of H-pyrrole nitrogens is 1. The van der Waals surface area contributed by atoms with Crippen molar-refractivity contribution >= 4 is 16.8 Å². The molecule has 2 N–H and O–H groups in total. The predicted molar refractivity (Wildman–Crippen MR) is 99.6 cm³/mol. The van der Waals surface area contributed by atoms with Crippen molar-refractivity contribution < 1.29 is 4.79 Å². The second-order valence-corrected chi connectivity index (χ2v) is 7.70. The molecule has 0 unspecified atom stereocenters. The van der Waals surface area contributed by atoms with Crippen LogP contribution >= 0.6 is 0 Å². The molecule has 2 heterocycles. The van der Waals surface area contributed by atoms with Gasteiger partial charge in [0, 0.05) is 23.0 Å². The Hall–Kier alpha value is -1.81. The highest BCUT2D eigenvalue weighted by Gasteiger charge is 2.27. The van der Waals surface area contributed by atoms with Crippen LogP contribution in [0.25, 0.3) is 10.9 Å². The van der Waals surface area contributed by atoms with Crippen LogP contribution in [0, 0.1) is 6.92 Å². The average Bonchev–Trinajstić information content (AvgIpc) is 3.12. The summed E-state index contributed by atoms with van der Waals surface area (Å²) in [5.74, 6) is 0.00454. The topological polar surface area (TPSA) is 48.1 Å². The summed E-state index contributed by atoms with van der Waals surface area (Å²) in [6.45, 7) is 11.6. The Bertz CT molecular complexity index is 739. The molecule has 1 saturated heterocycles. The van der Waals surface area contributed by atoms with Gasteiger partial charge in [0.1, 0.15) is 5.69 Å². The molecule has 0 aliphatic carbocycles. The van der Waals surface area contributed by atoms with Crippen molar-refractivity contribution in [1.29, 1.82) is 0 Å². The largest absolute Gasteiger partial charge is 0.350 e. The van der Waals surface area contributed by atoms with Crippen LogP contribution in [-0.4, -0.2) is 41.0 Å². The van der Waals surface area contributed by atoms with Crippen LogP contribution in [0.4, 0.5) is 0 Å². The van der Waals surface area contributed by atoms with Crippen LogP contribution in [0.15, 0.2) is 18.2 Å². The van der Waals surface area contributed by atoms with Gasteiger partial charge in [-0.05, 0) is 70.8 Å². The minimum Gasteiger partial charge on any atom is -0.350 e. The van der Waals surface area contributed by atoms with Gasteiger partial charge in [-0.15, -0.1) is 0 Å². The fourth-order valence-corrected chi connectivity index (χ4v) is 3.83. The van der Waals surface area contributed by atoms with E-state index < -0.39 is 0 Å². The van der Waals surface area contributed by atoms with Gasteiger partial charge in [0.15, 0.2) is 0 Å². The molecule has 0 radical (unpaired) electrons. The van der Waals surface area contributed by atoms with Crippen LogP contribution in [-0.2, 0) is 6.42 Å². The molecule has 130 valence electrons. The third-order valence-corrected chi connectivity index (χ3v) is 4.91. The summed E-state index contributed by atoms with van der Waals surface area (Å²) in [7, 11) is 0. The number of amides is 1. The SMILES string of the molecule is CCc1c(C(=O)NC(C)(C)CN2CCCC2)[nH]c2ccc(C)cc12. The molecule has 1 aliphatic heterocycles. The normalized spacial score (nSPS) is 16.0. The third-order valence-electron chi connectivity index (χ3n) is 4.91. The lowest BCUT2D eigenvalue weighted by molar-refractivity contribution is 0.0888. The maximum Gasteiger partial charge on any atom is 0.268 e. The van der Waals surface area contributed by atoms with E-state index in [1.54, 1.807) is 0 Å². The van der Waals surface area contributed by atoms with E-state index in [0.29, 0.717) is 5.69 Å². The minimum absolute atomic E-state index is 0.00454. The first-order valence-corrected chi connectivity index (χ1v) is 9.06. The minimum atomic E-state index is -0.236. The molecule has 1 aromatic carbocycles. The number of carbonyl (C=O) groups is 1. The maximum absolute atomic E-state index is 12.9. The Morgan fingerprint density at radius 1 is 1.29 bits per heavy atom. The first-order valence-electron chi connectivity index (χ1n) is 9.06. The molecule has 4 nitrogen and oxygen atoms in total. The van der Waals surface area contributed by atoms with E-state index >= 15 is 0 Å². The number of rotatable bonds is 5. The summed E-state index contributed by atoms with van der Waals surface area (Å²) in [5.41, 5.74) is 3.85. The first kappa shape index (κ1) is 17.0.